The molecule has 44 heavy (non-hydrogen) atoms. The molecule has 0 aliphatic heterocycles. The highest BCUT2D eigenvalue weighted by Gasteiger charge is 2.62. The van der Waals surface area contributed by atoms with Crippen molar-refractivity contribution in [1.82, 2.24) is 0 Å². The van der Waals surface area contributed by atoms with Crippen LogP contribution in [0.5, 0.6) is 0 Å². The highest BCUT2D eigenvalue weighted by molar-refractivity contribution is 5.93. The van der Waals surface area contributed by atoms with Gasteiger partial charge in [0.1, 0.15) is 17.8 Å². The zero-order valence-electron chi connectivity index (χ0n) is 26.1. The number of carbonyl (C=O) groups is 5. The van der Waals surface area contributed by atoms with Gasteiger partial charge in [0, 0.05) is 37.7 Å². The van der Waals surface area contributed by atoms with E-state index in [9.17, 15) is 34.2 Å². The minimum absolute atomic E-state index is 0.0806. The van der Waals surface area contributed by atoms with E-state index in [-0.39, 0.29) is 17.6 Å². The van der Waals surface area contributed by atoms with Crippen LogP contribution >= 0.6 is 0 Å². The second-order valence-corrected chi connectivity index (χ2v) is 12.3. The Balaban J connectivity index is 2.31. The van der Waals surface area contributed by atoms with E-state index in [1.807, 2.05) is 0 Å². The zero-order chi connectivity index (χ0) is 33.1. The van der Waals surface area contributed by atoms with Crippen molar-refractivity contribution in [3.63, 3.8) is 0 Å². The van der Waals surface area contributed by atoms with Crippen LogP contribution in [0, 0.1) is 23.2 Å². The first-order valence-electron chi connectivity index (χ1n) is 14.5. The molecule has 1 saturated carbocycles. The van der Waals surface area contributed by atoms with Gasteiger partial charge in [-0.3, -0.25) is 19.2 Å². The topological polar surface area (TPSA) is 163 Å². The van der Waals surface area contributed by atoms with Crippen molar-refractivity contribution in [2.45, 2.75) is 91.0 Å². The minimum atomic E-state index is -2.04. The summed E-state index contributed by atoms with van der Waals surface area (Å²) in [6.07, 6.45) is -4.66. The van der Waals surface area contributed by atoms with E-state index < -0.39 is 89.0 Å². The van der Waals surface area contributed by atoms with Gasteiger partial charge in [0.25, 0.3) is 0 Å². The van der Waals surface area contributed by atoms with E-state index in [0.29, 0.717) is 0 Å². The molecule has 1 aromatic carbocycles. The molecule has 11 heteroatoms. The molecule has 9 atom stereocenters. The van der Waals surface area contributed by atoms with Gasteiger partial charge in [-0.1, -0.05) is 50.8 Å². The lowest BCUT2D eigenvalue weighted by atomic mass is 9.72. The summed E-state index contributed by atoms with van der Waals surface area (Å²) in [5.41, 5.74) is -3.35. The van der Waals surface area contributed by atoms with Crippen LogP contribution < -0.4 is 0 Å². The largest absolute Gasteiger partial charge is 0.458 e. The van der Waals surface area contributed by atoms with E-state index >= 15 is 0 Å². The molecule has 0 saturated heterocycles. The van der Waals surface area contributed by atoms with Crippen molar-refractivity contribution in [2.24, 2.45) is 23.2 Å². The van der Waals surface area contributed by atoms with Gasteiger partial charge in [0.05, 0.1) is 17.6 Å². The van der Waals surface area contributed by atoms with Gasteiger partial charge in [0.15, 0.2) is 11.9 Å². The van der Waals surface area contributed by atoms with Crippen LogP contribution in [0.2, 0.25) is 0 Å². The molecular formula is C33H42O11. The maximum atomic E-state index is 13.9. The predicted molar refractivity (Wildman–Crippen MR) is 157 cm³/mol. The van der Waals surface area contributed by atoms with Crippen molar-refractivity contribution in [2.75, 3.05) is 0 Å². The predicted octanol–water partition coefficient (Wildman–Crippen LogP) is 3.11. The number of esters is 4. The van der Waals surface area contributed by atoms with Crippen LogP contribution in [-0.4, -0.2) is 76.0 Å². The molecule has 2 unspecified atom stereocenters. The normalized spacial score (nSPS) is 34.4. The number of benzene rings is 1. The molecule has 240 valence electrons. The quantitative estimate of drug-likeness (QED) is 0.285. The van der Waals surface area contributed by atoms with E-state index in [0.717, 1.165) is 20.8 Å². The zero-order valence-corrected chi connectivity index (χ0v) is 26.1. The molecule has 2 aliphatic carbocycles. The maximum absolute atomic E-state index is 13.9. The summed E-state index contributed by atoms with van der Waals surface area (Å²) in [7, 11) is 0. The molecule has 0 radical (unpaired) electrons. The summed E-state index contributed by atoms with van der Waals surface area (Å²) < 4.78 is 22.7. The summed E-state index contributed by atoms with van der Waals surface area (Å²) in [4.78, 5) is 64.4. The average molecular weight is 615 g/mol. The standard InChI is InChI=1S/C33H42O11/c1-17-14-15-32(7,8)30(38)28(43-22(6)36)27(42-21(5)35)19(3)26(41-20(4)34)24-25(18(2)16-33(24,40)29(17)37)44-31(39)23-12-10-9-11-13-23/h9-15,17-18,24-29,37,40H,3,16H2,1-2,4-8H3/b15-14+/t17-,18+,24-,25+,26-,27?,28?,29+,33-/m1/s1. The van der Waals surface area contributed by atoms with Crippen molar-refractivity contribution in [3.05, 3.63) is 60.2 Å². The third kappa shape index (κ3) is 7.27. The van der Waals surface area contributed by atoms with Crippen molar-refractivity contribution in [1.29, 1.82) is 0 Å². The van der Waals surface area contributed by atoms with Crippen molar-refractivity contribution < 1.29 is 53.1 Å². The third-order valence-electron chi connectivity index (χ3n) is 8.32. The molecule has 1 fully saturated rings. The molecule has 1 aromatic rings. The summed E-state index contributed by atoms with van der Waals surface area (Å²) in [6, 6.07) is 8.13. The number of ether oxygens (including phenoxy) is 4. The van der Waals surface area contributed by atoms with Gasteiger partial charge < -0.3 is 29.2 Å². The van der Waals surface area contributed by atoms with Crippen molar-refractivity contribution in [3.8, 4) is 0 Å². The summed E-state index contributed by atoms with van der Waals surface area (Å²) in [6.45, 7) is 13.8. The Morgan fingerprint density at radius 1 is 0.864 bits per heavy atom. The Morgan fingerprint density at radius 3 is 1.93 bits per heavy atom. The van der Waals surface area contributed by atoms with Gasteiger partial charge in [-0.25, -0.2) is 4.79 Å². The Hall–Kier alpha value is -3.83. The lowest BCUT2D eigenvalue weighted by molar-refractivity contribution is -0.179. The van der Waals surface area contributed by atoms with E-state index in [4.69, 9.17) is 18.9 Å². The summed E-state index contributed by atoms with van der Waals surface area (Å²) in [5, 5.41) is 24.0. The van der Waals surface area contributed by atoms with Crippen LogP contribution in [0.15, 0.2) is 54.6 Å². The van der Waals surface area contributed by atoms with Gasteiger partial charge in [-0.15, -0.1) is 0 Å². The fraction of sp³-hybridized carbons (Fsp3) is 0.545. The van der Waals surface area contributed by atoms with Crippen molar-refractivity contribution >= 4 is 29.7 Å². The minimum Gasteiger partial charge on any atom is -0.458 e. The van der Waals surface area contributed by atoms with Crippen LogP contribution in [0.25, 0.3) is 0 Å². The Morgan fingerprint density at radius 2 is 1.39 bits per heavy atom. The first kappa shape index (κ1) is 34.7. The number of rotatable bonds is 5. The van der Waals surface area contributed by atoms with E-state index in [1.165, 1.54) is 6.08 Å². The Labute approximate surface area is 257 Å². The van der Waals surface area contributed by atoms with Gasteiger partial charge >= 0.3 is 23.9 Å². The molecule has 0 aromatic heterocycles. The summed E-state index contributed by atoms with van der Waals surface area (Å²) in [5.74, 6) is -6.63. The lowest BCUT2D eigenvalue weighted by Crippen LogP contribution is -2.58. The Bertz CT molecular complexity index is 1320. The van der Waals surface area contributed by atoms with Crippen LogP contribution in [0.3, 0.4) is 0 Å². The third-order valence-corrected chi connectivity index (χ3v) is 8.32. The number of ketones is 1. The number of aliphatic hydroxyl groups is 2. The van der Waals surface area contributed by atoms with Crippen LogP contribution in [0.1, 0.15) is 65.2 Å². The molecule has 2 N–H and O–H groups in total. The number of fused-ring (bicyclic) bond motifs is 1. The fourth-order valence-corrected chi connectivity index (χ4v) is 6.18. The van der Waals surface area contributed by atoms with Gasteiger partial charge in [0.2, 0.25) is 6.10 Å². The fourth-order valence-electron chi connectivity index (χ4n) is 6.18. The smallest absolute Gasteiger partial charge is 0.338 e. The van der Waals surface area contributed by atoms with Crippen LogP contribution in [0.4, 0.5) is 0 Å². The summed E-state index contributed by atoms with van der Waals surface area (Å²) >= 11 is 0. The van der Waals surface area contributed by atoms with Gasteiger partial charge in [-0.05, 0) is 38.3 Å². The molecule has 11 nitrogen and oxygen atoms in total. The number of carbonyl (C=O) groups excluding carboxylic acids is 5. The lowest BCUT2D eigenvalue weighted by Gasteiger charge is -2.44. The van der Waals surface area contributed by atoms with Crippen LogP contribution in [-0.2, 0) is 38.1 Å². The number of hydrogen-bond donors (Lipinski definition) is 2. The highest BCUT2D eigenvalue weighted by atomic mass is 16.6. The average Bonchev–Trinajstić information content (AvgIpc) is 3.20. The molecule has 0 spiro atoms. The molecule has 0 amide bonds. The number of hydrogen-bond acceptors (Lipinski definition) is 11. The van der Waals surface area contributed by atoms with Gasteiger partial charge in [-0.2, -0.15) is 0 Å². The number of allylic oxidation sites excluding steroid dienone is 1. The molecular weight excluding hydrogens is 572 g/mol. The second-order valence-electron chi connectivity index (χ2n) is 12.3. The molecule has 0 bridgehead atoms. The molecule has 2 aliphatic rings. The monoisotopic (exact) mass is 614 g/mol. The van der Waals surface area contributed by atoms with E-state index in [1.54, 1.807) is 64.1 Å². The second kappa shape index (κ2) is 13.4. The Kier molecular flexibility index (Phi) is 10.6. The maximum Gasteiger partial charge on any atom is 0.338 e. The SMILES string of the molecule is C=C1C(OC(C)=O)C(OC(C)=O)C(=O)C(C)(C)/C=C/[C@@H](C)[C@H](O)[C@@]2(O)C[C@H](C)[C@H](OC(=O)c3ccccc3)[C@@H]2[C@@H]1OC(C)=O. The van der Waals surface area contributed by atoms with E-state index in [2.05, 4.69) is 6.58 Å². The first-order chi connectivity index (χ1) is 20.4. The number of Topliss-reactive ketones (excluding diaryl/α,β-unsaturated/α-hetero) is 1. The first-order valence-corrected chi connectivity index (χ1v) is 14.5. The molecule has 3 rings (SSSR count). The number of aliphatic hydroxyl groups excluding tert-OH is 1. The highest BCUT2D eigenvalue weighted by Crippen LogP contribution is 2.50. The molecule has 0 heterocycles.